The number of hydrogen-bond acceptors (Lipinski definition) is 3. The first-order valence-electron chi connectivity index (χ1n) is 8.52. The molecule has 0 radical (unpaired) electrons. The van der Waals surface area contributed by atoms with Gasteiger partial charge in [-0.3, -0.25) is 4.98 Å². The zero-order valence-corrected chi connectivity index (χ0v) is 13.3. The maximum atomic E-state index is 5.36. The molecule has 0 amide bonds. The minimum Gasteiger partial charge on any atom is -0.495 e. The van der Waals surface area contributed by atoms with Crippen LogP contribution in [-0.4, -0.2) is 24.7 Å². The Morgan fingerprint density at radius 2 is 2.10 bits per heavy atom. The maximum Gasteiger partial charge on any atom is 0.137 e. The molecule has 2 aliphatic carbocycles. The van der Waals surface area contributed by atoms with E-state index in [0.717, 1.165) is 23.6 Å². The van der Waals surface area contributed by atoms with E-state index < -0.39 is 0 Å². The van der Waals surface area contributed by atoms with E-state index in [-0.39, 0.29) is 0 Å². The van der Waals surface area contributed by atoms with Crippen LogP contribution in [0.3, 0.4) is 0 Å². The lowest BCUT2D eigenvalue weighted by atomic mass is 9.70. The van der Waals surface area contributed by atoms with Crippen molar-refractivity contribution >= 4 is 0 Å². The molecule has 0 bridgehead atoms. The Hall–Kier alpha value is -1.09. The van der Waals surface area contributed by atoms with Crippen LogP contribution in [0.4, 0.5) is 0 Å². The van der Waals surface area contributed by atoms with Gasteiger partial charge in [-0.1, -0.05) is 19.8 Å². The third-order valence-corrected chi connectivity index (χ3v) is 5.32. The highest BCUT2D eigenvalue weighted by atomic mass is 16.5. The molecule has 1 N–H and O–H groups in total. The molecule has 3 nitrogen and oxygen atoms in total. The molecule has 3 rings (SSSR count). The molecule has 2 fully saturated rings. The van der Waals surface area contributed by atoms with Crippen molar-refractivity contribution in [3.8, 4) is 5.75 Å². The van der Waals surface area contributed by atoms with E-state index in [1.165, 1.54) is 50.6 Å². The summed E-state index contributed by atoms with van der Waals surface area (Å²) in [5.41, 5.74) is 1.37. The van der Waals surface area contributed by atoms with Crippen molar-refractivity contribution in [2.45, 2.75) is 57.4 Å². The van der Waals surface area contributed by atoms with Crippen molar-refractivity contribution in [3.63, 3.8) is 0 Å². The van der Waals surface area contributed by atoms with Gasteiger partial charge in [0.2, 0.25) is 0 Å². The third kappa shape index (κ3) is 3.76. The second-order valence-corrected chi connectivity index (χ2v) is 6.79. The predicted octanol–water partition coefficient (Wildman–Crippen LogP) is 3.75. The van der Waals surface area contributed by atoms with Crippen LogP contribution in [-0.2, 0) is 0 Å². The number of hydrogen-bond donors (Lipinski definition) is 1. The van der Waals surface area contributed by atoms with Gasteiger partial charge in [0.25, 0.3) is 0 Å². The SMILES string of the molecule is CCC1CCC(CNC2CC2)C(c2cncc(OC)c2)C1. The molecule has 0 aliphatic heterocycles. The lowest BCUT2D eigenvalue weighted by Crippen LogP contribution is -2.33. The highest BCUT2D eigenvalue weighted by molar-refractivity contribution is 5.27. The molecule has 0 aromatic carbocycles. The summed E-state index contributed by atoms with van der Waals surface area (Å²) >= 11 is 0. The van der Waals surface area contributed by atoms with Crippen LogP contribution in [0.25, 0.3) is 0 Å². The average molecular weight is 288 g/mol. The smallest absolute Gasteiger partial charge is 0.137 e. The lowest BCUT2D eigenvalue weighted by Gasteiger charge is -2.36. The van der Waals surface area contributed by atoms with Crippen LogP contribution in [0.5, 0.6) is 5.75 Å². The number of aromatic nitrogens is 1. The van der Waals surface area contributed by atoms with Gasteiger partial charge in [-0.15, -0.1) is 0 Å². The Kier molecular flexibility index (Phi) is 4.79. The van der Waals surface area contributed by atoms with E-state index in [1.54, 1.807) is 13.3 Å². The highest BCUT2D eigenvalue weighted by Crippen LogP contribution is 2.42. The summed E-state index contributed by atoms with van der Waals surface area (Å²) < 4.78 is 5.36. The van der Waals surface area contributed by atoms with E-state index in [1.807, 2.05) is 0 Å². The Morgan fingerprint density at radius 1 is 1.24 bits per heavy atom. The van der Waals surface area contributed by atoms with E-state index in [4.69, 9.17) is 4.74 Å². The van der Waals surface area contributed by atoms with Gasteiger partial charge < -0.3 is 10.1 Å². The van der Waals surface area contributed by atoms with Gasteiger partial charge in [-0.05, 0) is 61.6 Å². The third-order valence-electron chi connectivity index (χ3n) is 5.32. The normalized spacial score (nSPS) is 29.3. The van der Waals surface area contributed by atoms with Crippen LogP contribution in [0.1, 0.15) is 56.9 Å². The van der Waals surface area contributed by atoms with Crippen LogP contribution in [0.15, 0.2) is 18.5 Å². The molecular weight excluding hydrogens is 260 g/mol. The van der Waals surface area contributed by atoms with E-state index in [9.17, 15) is 0 Å². The first-order chi connectivity index (χ1) is 10.3. The fourth-order valence-corrected chi connectivity index (χ4v) is 3.70. The minimum absolute atomic E-state index is 0.637. The van der Waals surface area contributed by atoms with Crippen LogP contribution < -0.4 is 10.1 Å². The largest absolute Gasteiger partial charge is 0.495 e. The molecule has 0 spiro atoms. The maximum absolute atomic E-state index is 5.36. The molecule has 1 aromatic rings. The molecule has 3 unspecified atom stereocenters. The number of ether oxygens (including phenoxy) is 1. The van der Waals surface area contributed by atoms with Gasteiger partial charge in [0.15, 0.2) is 0 Å². The summed E-state index contributed by atoms with van der Waals surface area (Å²) in [6, 6.07) is 3.00. The number of pyridine rings is 1. The van der Waals surface area contributed by atoms with Gasteiger partial charge in [-0.2, -0.15) is 0 Å². The van der Waals surface area contributed by atoms with Crippen LogP contribution >= 0.6 is 0 Å². The van der Waals surface area contributed by atoms with Crippen molar-refractivity contribution in [3.05, 3.63) is 24.0 Å². The molecule has 1 aromatic heterocycles. The standard InChI is InChI=1S/C18H28N2O/c1-3-13-4-5-14(11-20-16-6-7-16)18(8-13)15-9-17(21-2)12-19-10-15/h9-10,12-14,16,18,20H,3-8,11H2,1-2H3. The quantitative estimate of drug-likeness (QED) is 0.865. The summed E-state index contributed by atoms with van der Waals surface area (Å²) in [6.07, 6.45) is 11.9. The predicted molar refractivity (Wildman–Crippen MR) is 85.7 cm³/mol. The van der Waals surface area contributed by atoms with Gasteiger partial charge >= 0.3 is 0 Å². The van der Waals surface area contributed by atoms with Gasteiger partial charge in [-0.25, -0.2) is 0 Å². The first-order valence-corrected chi connectivity index (χ1v) is 8.52. The van der Waals surface area contributed by atoms with E-state index >= 15 is 0 Å². The van der Waals surface area contributed by atoms with Gasteiger partial charge in [0, 0.05) is 12.2 Å². The zero-order valence-electron chi connectivity index (χ0n) is 13.3. The number of methoxy groups -OCH3 is 1. The molecule has 2 saturated carbocycles. The molecular formula is C18H28N2O. The fraction of sp³-hybridized carbons (Fsp3) is 0.722. The van der Waals surface area contributed by atoms with Crippen molar-refractivity contribution in [2.24, 2.45) is 11.8 Å². The Morgan fingerprint density at radius 3 is 2.81 bits per heavy atom. The minimum atomic E-state index is 0.637. The van der Waals surface area contributed by atoms with Crippen molar-refractivity contribution < 1.29 is 4.74 Å². The Bertz CT molecular complexity index is 458. The second kappa shape index (κ2) is 6.78. The average Bonchev–Trinajstić information content (AvgIpc) is 3.37. The number of nitrogens with one attached hydrogen (secondary N) is 1. The molecule has 116 valence electrons. The summed E-state index contributed by atoms with van der Waals surface area (Å²) in [4.78, 5) is 4.38. The van der Waals surface area contributed by atoms with Crippen LogP contribution in [0.2, 0.25) is 0 Å². The topological polar surface area (TPSA) is 34.2 Å². The van der Waals surface area contributed by atoms with Crippen molar-refractivity contribution in [1.82, 2.24) is 10.3 Å². The highest BCUT2D eigenvalue weighted by Gasteiger charge is 2.32. The molecule has 2 aliphatic rings. The first kappa shape index (κ1) is 14.8. The van der Waals surface area contributed by atoms with Crippen LogP contribution in [0, 0.1) is 11.8 Å². The molecule has 1 heterocycles. The van der Waals surface area contributed by atoms with E-state index in [2.05, 4.69) is 29.5 Å². The van der Waals surface area contributed by atoms with Crippen molar-refractivity contribution in [1.29, 1.82) is 0 Å². The number of rotatable bonds is 6. The molecule has 3 atom stereocenters. The Labute approximate surface area is 128 Å². The van der Waals surface area contributed by atoms with Gasteiger partial charge in [0.1, 0.15) is 5.75 Å². The summed E-state index contributed by atoms with van der Waals surface area (Å²) in [7, 11) is 1.72. The van der Waals surface area contributed by atoms with E-state index in [0.29, 0.717) is 5.92 Å². The van der Waals surface area contributed by atoms with Gasteiger partial charge in [0.05, 0.1) is 13.3 Å². The van der Waals surface area contributed by atoms with Crippen molar-refractivity contribution in [2.75, 3.05) is 13.7 Å². The lowest BCUT2D eigenvalue weighted by molar-refractivity contribution is 0.224. The summed E-state index contributed by atoms with van der Waals surface area (Å²) in [5, 5.41) is 3.74. The monoisotopic (exact) mass is 288 g/mol. The molecule has 3 heteroatoms. The zero-order chi connectivity index (χ0) is 14.7. The Balaban J connectivity index is 1.73. The fourth-order valence-electron chi connectivity index (χ4n) is 3.70. The number of nitrogens with zero attached hydrogens (tertiary/aromatic N) is 1. The molecule has 0 saturated heterocycles. The molecule has 21 heavy (non-hydrogen) atoms. The summed E-state index contributed by atoms with van der Waals surface area (Å²) in [6.45, 7) is 3.50. The second-order valence-electron chi connectivity index (χ2n) is 6.79. The summed E-state index contributed by atoms with van der Waals surface area (Å²) in [5.74, 6) is 3.15.